The van der Waals surface area contributed by atoms with Crippen molar-refractivity contribution in [1.82, 2.24) is 20.2 Å². The molecule has 2 N–H and O–H groups in total. The number of nitrogens with zero attached hydrogens (tertiary/aromatic N) is 3. The number of aryl methyl sites for hydroxylation is 1. The molecule has 1 aromatic carbocycles. The lowest BCUT2D eigenvalue weighted by molar-refractivity contribution is 0.0946. The minimum Gasteiger partial charge on any atom is -0.354 e. The molecule has 1 heterocycles. The van der Waals surface area contributed by atoms with Crippen LogP contribution in [0.5, 0.6) is 0 Å². The van der Waals surface area contributed by atoms with Gasteiger partial charge < -0.3 is 15.5 Å². The summed E-state index contributed by atoms with van der Waals surface area (Å²) in [7, 11) is 3.92. The third-order valence-corrected chi connectivity index (χ3v) is 3.79. The van der Waals surface area contributed by atoms with Gasteiger partial charge in [0.2, 0.25) is 5.95 Å². The smallest absolute Gasteiger partial charge is 0.270 e. The highest BCUT2D eigenvalue weighted by Crippen LogP contribution is 2.10. The minimum absolute atomic E-state index is 0.187. The average Bonchev–Trinajstić information content (AvgIpc) is 2.56. The Morgan fingerprint density at radius 1 is 1.16 bits per heavy atom. The van der Waals surface area contributed by atoms with E-state index in [1.807, 2.05) is 50.2 Å². The third-order valence-electron chi connectivity index (χ3n) is 3.54. The van der Waals surface area contributed by atoms with Crippen LogP contribution in [-0.2, 0) is 6.42 Å². The predicted molar refractivity (Wildman–Crippen MR) is 101 cm³/mol. The molecule has 1 amide bonds. The lowest BCUT2D eigenvalue weighted by Crippen LogP contribution is -2.32. The van der Waals surface area contributed by atoms with E-state index < -0.39 is 0 Å². The Bertz CT molecular complexity index is 703. The van der Waals surface area contributed by atoms with Crippen molar-refractivity contribution in [2.45, 2.75) is 13.3 Å². The molecular weight excluding hydrogens is 338 g/mol. The van der Waals surface area contributed by atoms with E-state index in [9.17, 15) is 4.79 Å². The molecule has 0 atom stereocenters. The summed E-state index contributed by atoms with van der Waals surface area (Å²) in [5.74, 6) is 0.278. The Kier molecular flexibility index (Phi) is 7.16. The van der Waals surface area contributed by atoms with Gasteiger partial charge in [-0.3, -0.25) is 4.79 Å². The maximum atomic E-state index is 12.2. The van der Waals surface area contributed by atoms with Crippen molar-refractivity contribution < 1.29 is 4.79 Å². The molecule has 0 saturated heterocycles. The maximum absolute atomic E-state index is 12.2. The zero-order chi connectivity index (χ0) is 18.2. The Hall–Kier alpha value is -2.18. The summed E-state index contributed by atoms with van der Waals surface area (Å²) in [4.78, 5) is 22.9. The molecule has 0 saturated carbocycles. The van der Waals surface area contributed by atoms with E-state index in [1.165, 1.54) is 5.56 Å². The van der Waals surface area contributed by atoms with E-state index in [-0.39, 0.29) is 5.91 Å². The number of nitrogens with one attached hydrogen (secondary N) is 2. The summed E-state index contributed by atoms with van der Waals surface area (Å²) in [6.45, 7) is 3.88. The number of hydrogen-bond acceptors (Lipinski definition) is 5. The molecule has 0 aliphatic carbocycles. The zero-order valence-electron chi connectivity index (χ0n) is 14.8. The van der Waals surface area contributed by atoms with Crippen molar-refractivity contribution in [3.8, 4) is 0 Å². The molecular formula is C18H24ClN5O. The van der Waals surface area contributed by atoms with Crippen molar-refractivity contribution >= 4 is 23.5 Å². The van der Waals surface area contributed by atoms with Gasteiger partial charge in [0.25, 0.3) is 5.91 Å². The number of carbonyl (C=O) groups is 1. The highest BCUT2D eigenvalue weighted by molar-refractivity contribution is 6.30. The quantitative estimate of drug-likeness (QED) is 0.755. The molecule has 2 aromatic rings. The van der Waals surface area contributed by atoms with E-state index in [4.69, 9.17) is 11.6 Å². The summed E-state index contributed by atoms with van der Waals surface area (Å²) in [5, 5.41) is 6.76. The Balaban J connectivity index is 1.91. The Morgan fingerprint density at radius 3 is 2.56 bits per heavy atom. The predicted octanol–water partition coefficient (Wildman–Crippen LogP) is 2.38. The van der Waals surface area contributed by atoms with Crippen molar-refractivity contribution in [2.24, 2.45) is 0 Å². The van der Waals surface area contributed by atoms with Crippen LogP contribution in [0.3, 0.4) is 0 Å². The van der Waals surface area contributed by atoms with Crippen LogP contribution in [0.15, 0.2) is 30.3 Å². The molecule has 7 heteroatoms. The molecule has 134 valence electrons. The second kappa shape index (κ2) is 9.34. The summed E-state index contributed by atoms with van der Waals surface area (Å²) < 4.78 is 0. The first kappa shape index (κ1) is 19.1. The summed E-state index contributed by atoms with van der Waals surface area (Å²) >= 11 is 5.88. The molecule has 0 spiro atoms. The third kappa shape index (κ3) is 6.68. The number of benzene rings is 1. The van der Waals surface area contributed by atoms with Crippen molar-refractivity contribution in [2.75, 3.05) is 39.0 Å². The first-order chi connectivity index (χ1) is 11.9. The fraction of sp³-hybridized carbons (Fsp3) is 0.389. The molecule has 1 aromatic heterocycles. The van der Waals surface area contributed by atoms with Gasteiger partial charge in [0, 0.05) is 30.4 Å². The van der Waals surface area contributed by atoms with Gasteiger partial charge in [-0.1, -0.05) is 23.7 Å². The van der Waals surface area contributed by atoms with Crippen molar-refractivity contribution in [3.05, 3.63) is 52.3 Å². The first-order valence-electron chi connectivity index (χ1n) is 8.21. The second-order valence-corrected chi connectivity index (χ2v) is 6.52. The minimum atomic E-state index is -0.187. The molecule has 0 bridgehead atoms. The van der Waals surface area contributed by atoms with Crippen LogP contribution in [-0.4, -0.2) is 54.5 Å². The number of likely N-dealkylation sites (N-methyl/N-ethyl adjacent to an activating group) is 1. The molecule has 2 rings (SSSR count). The van der Waals surface area contributed by atoms with Gasteiger partial charge >= 0.3 is 0 Å². The topological polar surface area (TPSA) is 70.2 Å². The van der Waals surface area contributed by atoms with Gasteiger partial charge in [0.05, 0.1) is 0 Å². The van der Waals surface area contributed by atoms with Crippen molar-refractivity contribution in [3.63, 3.8) is 0 Å². The highest BCUT2D eigenvalue weighted by atomic mass is 35.5. The first-order valence-corrected chi connectivity index (χ1v) is 8.59. The van der Waals surface area contributed by atoms with Gasteiger partial charge in [-0.25, -0.2) is 9.97 Å². The number of amides is 1. The number of aromatic nitrogens is 2. The lowest BCUT2D eigenvalue weighted by atomic mass is 10.1. The maximum Gasteiger partial charge on any atom is 0.270 e. The van der Waals surface area contributed by atoms with Crippen LogP contribution in [0.1, 0.15) is 21.7 Å². The monoisotopic (exact) mass is 361 g/mol. The van der Waals surface area contributed by atoms with E-state index >= 15 is 0 Å². The second-order valence-electron chi connectivity index (χ2n) is 6.08. The number of carbonyl (C=O) groups excluding carboxylic acids is 1. The average molecular weight is 362 g/mol. The standard InChI is InChI=1S/C18H24ClN5O/c1-13-12-16(17(25)20-10-11-24(2)3)23-18(22-13)21-9-8-14-4-6-15(19)7-5-14/h4-7,12H,8-11H2,1-3H3,(H,20,25)(H,21,22,23). The summed E-state index contributed by atoms with van der Waals surface area (Å²) in [6, 6.07) is 9.41. The lowest BCUT2D eigenvalue weighted by Gasteiger charge is -2.11. The molecule has 25 heavy (non-hydrogen) atoms. The van der Waals surface area contributed by atoms with Gasteiger partial charge in [0.15, 0.2) is 0 Å². The molecule has 0 radical (unpaired) electrons. The van der Waals surface area contributed by atoms with Crippen LogP contribution in [0.4, 0.5) is 5.95 Å². The molecule has 0 aliphatic rings. The Labute approximate surface area is 153 Å². The van der Waals surface area contributed by atoms with Crippen LogP contribution in [0.25, 0.3) is 0 Å². The molecule has 0 aliphatic heterocycles. The van der Waals surface area contributed by atoms with E-state index in [0.29, 0.717) is 24.7 Å². The fourth-order valence-electron chi connectivity index (χ4n) is 2.22. The Morgan fingerprint density at radius 2 is 1.88 bits per heavy atom. The van der Waals surface area contributed by atoms with Crippen molar-refractivity contribution in [1.29, 1.82) is 0 Å². The van der Waals surface area contributed by atoms with E-state index in [0.717, 1.165) is 23.7 Å². The normalized spacial score (nSPS) is 10.8. The zero-order valence-corrected chi connectivity index (χ0v) is 15.6. The number of halogens is 1. The van der Waals surface area contributed by atoms with Crippen LogP contribution < -0.4 is 10.6 Å². The highest BCUT2D eigenvalue weighted by Gasteiger charge is 2.10. The van der Waals surface area contributed by atoms with E-state index in [2.05, 4.69) is 20.6 Å². The van der Waals surface area contributed by atoms with Gasteiger partial charge in [-0.15, -0.1) is 0 Å². The van der Waals surface area contributed by atoms with E-state index in [1.54, 1.807) is 6.07 Å². The number of hydrogen-bond donors (Lipinski definition) is 2. The van der Waals surface area contributed by atoms with Crippen LogP contribution in [0.2, 0.25) is 5.02 Å². The molecule has 0 fully saturated rings. The molecule has 6 nitrogen and oxygen atoms in total. The number of anilines is 1. The van der Waals surface area contributed by atoms with Gasteiger partial charge in [-0.2, -0.15) is 0 Å². The fourth-order valence-corrected chi connectivity index (χ4v) is 2.34. The van der Waals surface area contributed by atoms with Crippen LogP contribution in [0, 0.1) is 6.92 Å². The summed E-state index contributed by atoms with van der Waals surface area (Å²) in [5.41, 5.74) is 2.30. The summed E-state index contributed by atoms with van der Waals surface area (Å²) in [6.07, 6.45) is 0.818. The van der Waals surface area contributed by atoms with Gasteiger partial charge in [0.1, 0.15) is 5.69 Å². The SMILES string of the molecule is Cc1cc(C(=O)NCCN(C)C)nc(NCCc2ccc(Cl)cc2)n1. The van der Waals surface area contributed by atoms with Gasteiger partial charge in [-0.05, 0) is 51.2 Å². The van der Waals surface area contributed by atoms with Crippen LogP contribution >= 0.6 is 11.6 Å². The largest absolute Gasteiger partial charge is 0.354 e. The molecule has 0 unspecified atom stereocenters. The number of rotatable bonds is 8.